The van der Waals surface area contributed by atoms with Crippen molar-refractivity contribution in [1.82, 2.24) is 4.98 Å². The number of thiazole rings is 1. The zero-order valence-corrected chi connectivity index (χ0v) is 15.1. The molecule has 6 heteroatoms. The van der Waals surface area contributed by atoms with Gasteiger partial charge in [-0.1, -0.05) is 38.1 Å². The number of aromatic nitrogens is 1. The minimum Gasteiger partial charge on any atom is -0.483 e. The highest BCUT2D eigenvalue weighted by molar-refractivity contribution is 7.16. The van der Waals surface area contributed by atoms with Crippen molar-refractivity contribution in [2.75, 3.05) is 11.9 Å². The monoisotopic (exact) mass is 358 g/mol. The van der Waals surface area contributed by atoms with E-state index in [2.05, 4.69) is 24.1 Å². The van der Waals surface area contributed by atoms with E-state index in [1.807, 2.05) is 47.2 Å². The molecule has 0 saturated heterocycles. The van der Waals surface area contributed by atoms with E-state index < -0.39 is 0 Å². The Labute approximate surface area is 149 Å². The number of benzene rings is 1. The molecule has 0 atom stereocenters. The van der Waals surface area contributed by atoms with Gasteiger partial charge in [-0.3, -0.25) is 10.1 Å². The lowest BCUT2D eigenvalue weighted by atomic mass is 10.0. The van der Waals surface area contributed by atoms with Crippen molar-refractivity contribution < 1.29 is 9.53 Å². The van der Waals surface area contributed by atoms with Gasteiger partial charge in [0.2, 0.25) is 0 Å². The van der Waals surface area contributed by atoms with Gasteiger partial charge in [-0.2, -0.15) is 0 Å². The lowest BCUT2D eigenvalue weighted by Crippen LogP contribution is -2.20. The first-order valence-electron chi connectivity index (χ1n) is 7.64. The normalized spacial score (nSPS) is 10.8. The molecule has 124 valence electrons. The standard InChI is InChI=1S/C18H18N2O2S2/c1-12(2)13-6-3-4-7-15(13)22-10-17(21)20-18-19-14(11-24-18)16-8-5-9-23-16/h3-9,11-12H,10H2,1-2H3,(H,19,20,21). The van der Waals surface area contributed by atoms with Gasteiger partial charge in [-0.25, -0.2) is 4.98 Å². The third-order valence-electron chi connectivity index (χ3n) is 3.42. The van der Waals surface area contributed by atoms with Crippen LogP contribution in [-0.4, -0.2) is 17.5 Å². The molecule has 0 radical (unpaired) electrons. The second kappa shape index (κ2) is 7.59. The molecular formula is C18H18N2O2S2. The average molecular weight is 358 g/mol. The summed E-state index contributed by atoms with van der Waals surface area (Å²) in [5.74, 6) is 0.887. The summed E-state index contributed by atoms with van der Waals surface area (Å²) in [6.45, 7) is 4.17. The number of carbonyl (C=O) groups is 1. The lowest BCUT2D eigenvalue weighted by molar-refractivity contribution is -0.118. The molecule has 2 aromatic heterocycles. The summed E-state index contributed by atoms with van der Waals surface area (Å²) < 4.78 is 5.68. The number of nitrogens with one attached hydrogen (secondary N) is 1. The fourth-order valence-corrected chi connectivity index (χ4v) is 3.74. The minimum absolute atomic E-state index is 0.0301. The number of ether oxygens (including phenoxy) is 1. The van der Waals surface area contributed by atoms with Crippen LogP contribution in [0.1, 0.15) is 25.3 Å². The van der Waals surface area contributed by atoms with Gasteiger partial charge in [0.05, 0.1) is 10.6 Å². The number of anilines is 1. The zero-order chi connectivity index (χ0) is 16.9. The zero-order valence-electron chi connectivity index (χ0n) is 13.5. The van der Waals surface area contributed by atoms with Gasteiger partial charge in [0.1, 0.15) is 5.75 Å². The molecule has 0 saturated carbocycles. The molecule has 0 spiro atoms. The molecule has 1 amide bonds. The highest BCUT2D eigenvalue weighted by Crippen LogP contribution is 2.28. The molecule has 3 rings (SSSR count). The Morgan fingerprint density at radius 1 is 1.21 bits per heavy atom. The van der Waals surface area contributed by atoms with Gasteiger partial charge in [-0.05, 0) is 29.0 Å². The van der Waals surface area contributed by atoms with Crippen molar-refractivity contribution in [3.05, 3.63) is 52.7 Å². The number of hydrogen-bond acceptors (Lipinski definition) is 5. The van der Waals surface area contributed by atoms with Crippen molar-refractivity contribution in [1.29, 1.82) is 0 Å². The first-order chi connectivity index (χ1) is 11.6. The topological polar surface area (TPSA) is 51.2 Å². The maximum absolute atomic E-state index is 12.1. The van der Waals surface area contributed by atoms with E-state index in [4.69, 9.17) is 4.74 Å². The molecular weight excluding hydrogens is 340 g/mol. The number of hydrogen-bond donors (Lipinski definition) is 1. The summed E-state index contributed by atoms with van der Waals surface area (Å²) in [5, 5.41) is 7.33. The van der Waals surface area contributed by atoms with Crippen LogP contribution in [0.15, 0.2) is 47.2 Å². The molecule has 0 fully saturated rings. The van der Waals surface area contributed by atoms with Crippen LogP contribution in [0.5, 0.6) is 5.75 Å². The average Bonchev–Trinajstić information content (AvgIpc) is 3.24. The minimum atomic E-state index is -0.208. The third kappa shape index (κ3) is 4.01. The Bertz CT molecular complexity index is 810. The van der Waals surface area contributed by atoms with Crippen LogP contribution < -0.4 is 10.1 Å². The molecule has 3 aromatic rings. The van der Waals surface area contributed by atoms with Crippen LogP contribution in [0.2, 0.25) is 0 Å². The molecule has 2 heterocycles. The molecule has 24 heavy (non-hydrogen) atoms. The van der Waals surface area contributed by atoms with Crippen molar-refractivity contribution >= 4 is 33.7 Å². The number of nitrogens with zero attached hydrogens (tertiary/aromatic N) is 1. The number of thiophene rings is 1. The van der Waals surface area contributed by atoms with E-state index in [1.54, 1.807) is 11.3 Å². The highest BCUT2D eigenvalue weighted by Gasteiger charge is 2.11. The second-order valence-corrected chi connectivity index (χ2v) is 7.35. The quantitative estimate of drug-likeness (QED) is 0.674. The highest BCUT2D eigenvalue weighted by atomic mass is 32.1. The van der Waals surface area contributed by atoms with Crippen LogP contribution in [0, 0.1) is 0 Å². The van der Waals surface area contributed by atoms with E-state index in [0.29, 0.717) is 11.0 Å². The summed E-state index contributed by atoms with van der Waals surface area (Å²) >= 11 is 3.04. The van der Waals surface area contributed by atoms with Crippen LogP contribution in [-0.2, 0) is 4.79 Å². The predicted octanol–water partition coefficient (Wildman–Crippen LogP) is 5.01. The first-order valence-corrected chi connectivity index (χ1v) is 9.40. The van der Waals surface area contributed by atoms with Gasteiger partial charge in [0.25, 0.3) is 5.91 Å². The van der Waals surface area contributed by atoms with Gasteiger partial charge < -0.3 is 4.74 Å². The van der Waals surface area contributed by atoms with Crippen LogP contribution in [0.4, 0.5) is 5.13 Å². The summed E-state index contributed by atoms with van der Waals surface area (Å²) in [6.07, 6.45) is 0. The largest absolute Gasteiger partial charge is 0.483 e. The second-order valence-electron chi connectivity index (χ2n) is 5.54. The van der Waals surface area contributed by atoms with Crippen LogP contribution in [0.3, 0.4) is 0 Å². The smallest absolute Gasteiger partial charge is 0.264 e. The van der Waals surface area contributed by atoms with Crippen molar-refractivity contribution in [2.24, 2.45) is 0 Å². The fraction of sp³-hybridized carbons (Fsp3) is 0.222. The third-order valence-corrected chi connectivity index (χ3v) is 5.07. The molecule has 1 aromatic carbocycles. The van der Waals surface area contributed by atoms with Gasteiger partial charge in [0.15, 0.2) is 11.7 Å². The van der Waals surface area contributed by atoms with Gasteiger partial charge in [-0.15, -0.1) is 22.7 Å². The van der Waals surface area contributed by atoms with E-state index in [1.165, 1.54) is 11.3 Å². The Balaban J connectivity index is 1.59. The summed E-state index contributed by atoms with van der Waals surface area (Å²) in [7, 11) is 0. The Morgan fingerprint density at radius 2 is 2.04 bits per heavy atom. The van der Waals surface area contributed by atoms with E-state index in [-0.39, 0.29) is 12.5 Å². The van der Waals surface area contributed by atoms with E-state index in [9.17, 15) is 4.79 Å². The maximum Gasteiger partial charge on any atom is 0.264 e. The van der Waals surface area contributed by atoms with Crippen molar-refractivity contribution in [2.45, 2.75) is 19.8 Å². The molecule has 0 aliphatic rings. The molecule has 4 nitrogen and oxygen atoms in total. The summed E-state index contributed by atoms with van der Waals surface area (Å²) in [6, 6.07) is 11.8. The summed E-state index contributed by atoms with van der Waals surface area (Å²) in [5.41, 5.74) is 1.98. The Kier molecular flexibility index (Phi) is 5.27. The van der Waals surface area contributed by atoms with Crippen molar-refractivity contribution in [3.63, 3.8) is 0 Å². The molecule has 0 unspecified atom stereocenters. The van der Waals surface area contributed by atoms with Gasteiger partial charge >= 0.3 is 0 Å². The summed E-state index contributed by atoms with van der Waals surface area (Å²) in [4.78, 5) is 17.6. The van der Waals surface area contributed by atoms with E-state index in [0.717, 1.165) is 21.9 Å². The molecule has 0 aliphatic heterocycles. The SMILES string of the molecule is CC(C)c1ccccc1OCC(=O)Nc1nc(-c2cccs2)cs1. The maximum atomic E-state index is 12.1. The number of carbonyl (C=O) groups excluding carboxylic acids is 1. The van der Waals surface area contributed by atoms with Crippen LogP contribution in [0.25, 0.3) is 10.6 Å². The van der Waals surface area contributed by atoms with Crippen LogP contribution >= 0.6 is 22.7 Å². The Morgan fingerprint density at radius 3 is 2.79 bits per heavy atom. The lowest BCUT2D eigenvalue weighted by Gasteiger charge is -2.13. The molecule has 0 bridgehead atoms. The molecule has 1 N–H and O–H groups in total. The predicted molar refractivity (Wildman–Crippen MR) is 100 cm³/mol. The van der Waals surface area contributed by atoms with E-state index >= 15 is 0 Å². The number of rotatable bonds is 6. The van der Waals surface area contributed by atoms with Crippen molar-refractivity contribution in [3.8, 4) is 16.3 Å². The molecule has 0 aliphatic carbocycles. The fourth-order valence-electron chi connectivity index (χ4n) is 2.26. The van der Waals surface area contributed by atoms with Gasteiger partial charge in [0, 0.05) is 5.38 Å². The first kappa shape index (κ1) is 16.7. The number of para-hydroxylation sites is 1. The Hall–Kier alpha value is -2.18. The number of amides is 1.